The number of halogens is 1. The molecule has 1 aliphatic rings. The first kappa shape index (κ1) is 19.9. The van der Waals surface area contributed by atoms with Gasteiger partial charge in [-0.1, -0.05) is 30.3 Å². The number of amides is 1. The lowest BCUT2D eigenvalue weighted by atomic mass is 9.95. The van der Waals surface area contributed by atoms with Crippen molar-refractivity contribution in [1.82, 2.24) is 4.90 Å². The number of likely N-dealkylation sites (N-methyl/N-ethyl adjacent to an activating group) is 1. The molecule has 4 nitrogen and oxygen atoms in total. The molecule has 1 saturated carbocycles. The van der Waals surface area contributed by atoms with Gasteiger partial charge >= 0.3 is 0 Å². The molecule has 1 fully saturated rings. The molecule has 0 bridgehead atoms. The largest absolute Gasteiger partial charge is 0.376 e. The van der Waals surface area contributed by atoms with Crippen molar-refractivity contribution < 1.29 is 18.7 Å². The molecule has 1 amide bonds. The number of carbonyl (C=O) groups is 1. The predicted molar refractivity (Wildman–Crippen MR) is 96.1 cm³/mol. The highest BCUT2D eigenvalue weighted by Crippen LogP contribution is 2.25. The van der Waals surface area contributed by atoms with E-state index in [1.807, 2.05) is 18.2 Å². The monoisotopic (exact) mass is 351 g/mol. The van der Waals surface area contributed by atoms with E-state index in [0.717, 1.165) is 25.7 Å². The number of ether oxygens (including phenoxy) is 2. The topological polar surface area (TPSA) is 38.8 Å². The summed E-state index contributed by atoms with van der Waals surface area (Å²) in [6.07, 6.45) is 4.64. The highest BCUT2D eigenvalue weighted by atomic mass is 19.1. The van der Waals surface area contributed by atoms with Crippen molar-refractivity contribution in [2.75, 3.05) is 20.3 Å². The van der Waals surface area contributed by atoms with Gasteiger partial charge in [0, 0.05) is 14.0 Å². The summed E-state index contributed by atoms with van der Waals surface area (Å²) in [5.74, 6) is -0.0555. The minimum atomic E-state index is -0.439. The fourth-order valence-corrected chi connectivity index (χ4v) is 3.17. The van der Waals surface area contributed by atoms with Gasteiger partial charge in [0.2, 0.25) is 5.91 Å². The average Bonchev–Trinajstić information content (AvgIpc) is 2.64. The zero-order valence-corrected chi connectivity index (χ0v) is 15.3. The summed E-state index contributed by atoms with van der Waals surface area (Å²) < 4.78 is 24.7. The van der Waals surface area contributed by atoms with Crippen molar-refractivity contribution in [1.29, 1.82) is 0 Å². The Bertz CT molecular complexity index is 503. The molecule has 5 heteroatoms. The van der Waals surface area contributed by atoms with E-state index in [1.54, 1.807) is 11.9 Å². The number of hydrogen-bond donors (Lipinski definition) is 0. The molecule has 0 spiro atoms. The van der Waals surface area contributed by atoms with Gasteiger partial charge in [0.15, 0.2) is 0 Å². The molecule has 1 aromatic rings. The maximum absolute atomic E-state index is 12.7. The van der Waals surface area contributed by atoms with Gasteiger partial charge in [0.05, 0.1) is 38.1 Å². The molecule has 0 N–H and O–H groups in total. The first-order valence-corrected chi connectivity index (χ1v) is 9.16. The Hall–Kier alpha value is -1.46. The minimum absolute atomic E-state index is 0.0555. The summed E-state index contributed by atoms with van der Waals surface area (Å²) in [6, 6.07) is 10.0. The smallest absolute Gasteiger partial charge is 0.219 e. The number of rotatable bonds is 9. The Balaban J connectivity index is 1.68. The van der Waals surface area contributed by atoms with E-state index in [2.05, 4.69) is 12.1 Å². The van der Waals surface area contributed by atoms with Crippen LogP contribution in [0.25, 0.3) is 0 Å². The van der Waals surface area contributed by atoms with Crippen LogP contribution in [0.4, 0.5) is 4.39 Å². The molecule has 0 saturated heterocycles. The maximum Gasteiger partial charge on any atom is 0.219 e. The molecule has 0 aliphatic heterocycles. The quantitative estimate of drug-likeness (QED) is 0.680. The molecule has 25 heavy (non-hydrogen) atoms. The van der Waals surface area contributed by atoms with Gasteiger partial charge in [-0.2, -0.15) is 0 Å². The highest BCUT2D eigenvalue weighted by Gasteiger charge is 2.24. The van der Waals surface area contributed by atoms with Gasteiger partial charge in [-0.05, 0) is 37.7 Å². The average molecular weight is 351 g/mol. The van der Waals surface area contributed by atoms with E-state index < -0.39 is 6.67 Å². The standard InChI is InChI=1S/C20H30FNO3/c1-16(23)22(2)18(12-13-21)15-25-20-10-8-19(9-11-20)24-14-17-6-4-3-5-7-17/h3-7,18-20H,8-15H2,1-2H3/t18-,19?,20?/m0/s1. The Kier molecular flexibility index (Phi) is 8.35. The summed E-state index contributed by atoms with van der Waals surface area (Å²) >= 11 is 0. The van der Waals surface area contributed by atoms with Crippen LogP contribution in [-0.2, 0) is 20.9 Å². The van der Waals surface area contributed by atoms with Crippen LogP contribution in [0.15, 0.2) is 30.3 Å². The molecule has 2 rings (SSSR count). The van der Waals surface area contributed by atoms with Crippen LogP contribution in [0.3, 0.4) is 0 Å². The summed E-state index contributed by atoms with van der Waals surface area (Å²) in [5.41, 5.74) is 1.20. The van der Waals surface area contributed by atoms with Gasteiger partial charge in [0.1, 0.15) is 0 Å². The normalized spacial score (nSPS) is 21.7. The Morgan fingerprint density at radius 3 is 2.32 bits per heavy atom. The van der Waals surface area contributed by atoms with E-state index in [9.17, 15) is 9.18 Å². The SMILES string of the molecule is CC(=O)N(C)[C@@H](CCF)COC1CCC(OCc2ccccc2)CC1. The Morgan fingerprint density at radius 1 is 1.16 bits per heavy atom. The molecule has 140 valence electrons. The van der Waals surface area contributed by atoms with Crippen LogP contribution in [0, 0.1) is 0 Å². The van der Waals surface area contributed by atoms with Crippen LogP contribution in [-0.4, -0.2) is 49.4 Å². The van der Waals surface area contributed by atoms with Crippen molar-refractivity contribution in [2.45, 2.75) is 63.9 Å². The summed E-state index contributed by atoms with van der Waals surface area (Å²) in [5, 5.41) is 0. The highest BCUT2D eigenvalue weighted by molar-refractivity contribution is 5.73. The van der Waals surface area contributed by atoms with Gasteiger partial charge in [-0.15, -0.1) is 0 Å². The van der Waals surface area contributed by atoms with Crippen molar-refractivity contribution in [2.24, 2.45) is 0 Å². The molecular formula is C20H30FNO3. The summed E-state index contributed by atoms with van der Waals surface area (Å²) in [4.78, 5) is 13.1. The summed E-state index contributed by atoms with van der Waals surface area (Å²) in [6.45, 7) is 2.12. The third-order valence-corrected chi connectivity index (χ3v) is 4.96. The lowest BCUT2D eigenvalue weighted by Crippen LogP contribution is -2.40. The summed E-state index contributed by atoms with van der Waals surface area (Å²) in [7, 11) is 1.71. The zero-order valence-electron chi connectivity index (χ0n) is 15.3. The zero-order chi connectivity index (χ0) is 18.1. The second-order valence-corrected chi connectivity index (χ2v) is 6.79. The fourth-order valence-electron chi connectivity index (χ4n) is 3.17. The molecule has 1 aliphatic carbocycles. The third-order valence-electron chi connectivity index (χ3n) is 4.96. The number of nitrogens with zero attached hydrogens (tertiary/aromatic N) is 1. The van der Waals surface area contributed by atoms with Crippen molar-refractivity contribution in [3.63, 3.8) is 0 Å². The maximum atomic E-state index is 12.7. The molecular weight excluding hydrogens is 321 g/mol. The molecule has 1 aromatic carbocycles. The second kappa shape index (κ2) is 10.5. The van der Waals surface area contributed by atoms with Crippen molar-refractivity contribution in [3.05, 3.63) is 35.9 Å². The van der Waals surface area contributed by atoms with Gasteiger partial charge < -0.3 is 14.4 Å². The Morgan fingerprint density at radius 2 is 1.76 bits per heavy atom. The van der Waals surface area contributed by atoms with Crippen LogP contribution in [0.5, 0.6) is 0 Å². The first-order valence-electron chi connectivity index (χ1n) is 9.16. The third kappa shape index (κ3) is 6.75. The number of alkyl halides is 1. The van der Waals surface area contributed by atoms with E-state index >= 15 is 0 Å². The van der Waals surface area contributed by atoms with Crippen LogP contribution >= 0.6 is 0 Å². The molecule has 0 heterocycles. The minimum Gasteiger partial charge on any atom is -0.376 e. The molecule has 0 radical (unpaired) electrons. The van der Waals surface area contributed by atoms with E-state index in [0.29, 0.717) is 19.6 Å². The van der Waals surface area contributed by atoms with Gasteiger partial charge in [-0.3, -0.25) is 9.18 Å². The molecule has 0 aromatic heterocycles. The van der Waals surface area contributed by atoms with Gasteiger partial charge in [-0.25, -0.2) is 0 Å². The van der Waals surface area contributed by atoms with Crippen LogP contribution in [0.2, 0.25) is 0 Å². The number of benzene rings is 1. The van der Waals surface area contributed by atoms with E-state index in [-0.39, 0.29) is 24.2 Å². The second-order valence-electron chi connectivity index (χ2n) is 6.79. The Labute approximate surface area is 150 Å². The van der Waals surface area contributed by atoms with E-state index in [1.165, 1.54) is 12.5 Å². The number of carbonyl (C=O) groups excluding carboxylic acids is 1. The number of hydrogen-bond acceptors (Lipinski definition) is 3. The molecule has 0 unspecified atom stereocenters. The van der Waals surface area contributed by atoms with Crippen LogP contribution < -0.4 is 0 Å². The van der Waals surface area contributed by atoms with Gasteiger partial charge in [0.25, 0.3) is 0 Å². The van der Waals surface area contributed by atoms with Crippen molar-refractivity contribution in [3.8, 4) is 0 Å². The predicted octanol–water partition coefficient (Wildman–Crippen LogP) is 3.74. The van der Waals surface area contributed by atoms with Crippen molar-refractivity contribution >= 4 is 5.91 Å². The lowest BCUT2D eigenvalue weighted by molar-refractivity contribution is -0.132. The lowest BCUT2D eigenvalue weighted by Gasteiger charge is -2.32. The molecule has 1 atom stereocenters. The van der Waals surface area contributed by atoms with Crippen LogP contribution in [0.1, 0.15) is 44.6 Å². The fraction of sp³-hybridized carbons (Fsp3) is 0.650. The first-order chi connectivity index (χ1) is 12.1. The van der Waals surface area contributed by atoms with E-state index in [4.69, 9.17) is 9.47 Å².